The van der Waals surface area contributed by atoms with Gasteiger partial charge in [0.1, 0.15) is 11.6 Å². The highest BCUT2D eigenvalue weighted by Crippen LogP contribution is 2.56. The fraction of sp³-hybridized carbons (Fsp3) is 0.676. The number of nitrogens with one attached hydrogen (secondary N) is 2. The van der Waals surface area contributed by atoms with Gasteiger partial charge in [-0.3, -0.25) is 14.4 Å². The Hall–Kier alpha value is -2.67. The summed E-state index contributed by atoms with van der Waals surface area (Å²) in [6.07, 6.45) is 10.6. The minimum atomic E-state index is -1.12. The van der Waals surface area contributed by atoms with Crippen molar-refractivity contribution in [2.45, 2.75) is 115 Å². The summed E-state index contributed by atoms with van der Waals surface area (Å²) in [7, 11) is 0. The van der Waals surface area contributed by atoms with Crippen LogP contribution in [-0.2, 0) is 19.1 Å². The van der Waals surface area contributed by atoms with E-state index in [4.69, 9.17) is 4.74 Å². The molecule has 7 nitrogen and oxygen atoms in total. The molecule has 6 rings (SSSR count). The summed E-state index contributed by atoms with van der Waals surface area (Å²) in [6.45, 7) is 11.0. The van der Waals surface area contributed by atoms with Crippen LogP contribution < -0.4 is 10.6 Å². The largest absolute Gasteiger partial charge is 0.359 e. The number of hydrogen-bond donors (Lipinski definition) is 2. The molecule has 1 aromatic carbocycles. The third-order valence-electron chi connectivity index (χ3n) is 11.2. The van der Waals surface area contributed by atoms with Gasteiger partial charge in [0.05, 0.1) is 17.9 Å². The lowest BCUT2D eigenvalue weighted by molar-refractivity contribution is -0.146. The standard InChI is InChI=1S/C34H47N3O4/c1-19(2)23-13-15-24(16-14-23)35-31(38)28-27-17-18-34(41-27)29(28)33(40)37(26-12-7-6-9-21(26)4)30(34)32(39)36-25-11-8-10-20(3)22(25)5/h13-22,25-30H,6-12H2,1-5H3,(H,35,38)(H,36,39)/t20-,21+,22-,25-,26-,27-,28+,29-,30-,34-/m1/s1. The van der Waals surface area contributed by atoms with Crippen LogP contribution in [-0.4, -0.2) is 52.5 Å². The number of ether oxygens (including phenoxy) is 1. The summed E-state index contributed by atoms with van der Waals surface area (Å²) in [5.74, 6) is -0.223. The van der Waals surface area contributed by atoms with Gasteiger partial charge in [0, 0.05) is 17.8 Å². The molecule has 3 heterocycles. The number of likely N-dealkylation sites (tertiary alicyclic amines) is 1. The number of amides is 3. The lowest BCUT2D eigenvalue weighted by Crippen LogP contribution is -2.60. The molecule has 7 heteroatoms. The Morgan fingerprint density at radius 1 is 0.951 bits per heavy atom. The van der Waals surface area contributed by atoms with Crippen molar-refractivity contribution >= 4 is 23.4 Å². The molecule has 0 radical (unpaired) electrons. The van der Waals surface area contributed by atoms with E-state index >= 15 is 0 Å². The number of anilines is 1. The lowest BCUT2D eigenvalue weighted by Gasteiger charge is -2.42. The number of nitrogens with zero attached hydrogens (tertiary/aromatic N) is 1. The van der Waals surface area contributed by atoms with Gasteiger partial charge in [-0.25, -0.2) is 0 Å². The maximum atomic E-state index is 14.5. The molecule has 41 heavy (non-hydrogen) atoms. The molecule has 5 aliphatic rings. The number of carbonyl (C=O) groups excluding carboxylic acids is 3. The van der Waals surface area contributed by atoms with Crippen molar-refractivity contribution in [1.29, 1.82) is 0 Å². The Morgan fingerprint density at radius 2 is 1.66 bits per heavy atom. The van der Waals surface area contributed by atoms with Gasteiger partial charge in [0.25, 0.3) is 0 Å². The van der Waals surface area contributed by atoms with E-state index in [1.807, 2.05) is 41.3 Å². The van der Waals surface area contributed by atoms with Gasteiger partial charge in [0.15, 0.2) is 0 Å². The Labute approximate surface area is 244 Å². The van der Waals surface area contributed by atoms with E-state index in [2.05, 4.69) is 45.3 Å². The van der Waals surface area contributed by atoms with Crippen LogP contribution in [0, 0.1) is 29.6 Å². The molecule has 1 aromatic rings. The highest BCUT2D eigenvalue weighted by Gasteiger charge is 2.73. The number of rotatable bonds is 6. The smallest absolute Gasteiger partial charge is 0.246 e. The van der Waals surface area contributed by atoms with E-state index in [0.29, 0.717) is 29.4 Å². The van der Waals surface area contributed by atoms with Gasteiger partial charge in [-0.05, 0) is 60.6 Å². The quantitative estimate of drug-likeness (QED) is 0.454. The average Bonchev–Trinajstić information content (AvgIpc) is 3.59. The molecule has 10 atom stereocenters. The molecule has 1 spiro atoms. The molecule has 0 unspecified atom stereocenters. The first-order valence-corrected chi connectivity index (χ1v) is 16.0. The summed E-state index contributed by atoms with van der Waals surface area (Å²) in [4.78, 5) is 44.5. The van der Waals surface area contributed by atoms with E-state index in [0.717, 1.165) is 38.5 Å². The van der Waals surface area contributed by atoms with Gasteiger partial charge in [0.2, 0.25) is 17.7 Å². The second-order valence-electron chi connectivity index (χ2n) is 13.9. The number of fused-ring (bicyclic) bond motifs is 1. The fourth-order valence-corrected chi connectivity index (χ4v) is 8.50. The molecular formula is C34H47N3O4. The Morgan fingerprint density at radius 3 is 2.37 bits per heavy atom. The Kier molecular flexibility index (Phi) is 7.54. The van der Waals surface area contributed by atoms with Crippen LogP contribution in [0.1, 0.15) is 91.0 Å². The van der Waals surface area contributed by atoms with E-state index in [9.17, 15) is 14.4 Å². The lowest BCUT2D eigenvalue weighted by atomic mass is 9.73. The molecule has 2 saturated carbocycles. The molecule has 2 aliphatic carbocycles. The fourth-order valence-electron chi connectivity index (χ4n) is 8.50. The molecule has 2 bridgehead atoms. The highest BCUT2D eigenvalue weighted by atomic mass is 16.5. The maximum Gasteiger partial charge on any atom is 0.246 e. The van der Waals surface area contributed by atoms with Crippen LogP contribution in [0.15, 0.2) is 36.4 Å². The van der Waals surface area contributed by atoms with Crippen LogP contribution in [0.4, 0.5) is 5.69 Å². The van der Waals surface area contributed by atoms with Crippen molar-refractivity contribution in [3.05, 3.63) is 42.0 Å². The minimum Gasteiger partial charge on any atom is -0.359 e. The third-order valence-corrected chi connectivity index (χ3v) is 11.2. The number of carbonyl (C=O) groups is 3. The van der Waals surface area contributed by atoms with Gasteiger partial charge in [-0.1, -0.05) is 84.6 Å². The first-order valence-electron chi connectivity index (χ1n) is 16.0. The Bertz CT molecular complexity index is 1210. The maximum absolute atomic E-state index is 14.5. The van der Waals surface area contributed by atoms with Crippen molar-refractivity contribution in [3.63, 3.8) is 0 Å². The SMILES string of the molecule is CC(C)c1ccc(NC(=O)[C@H]2[C@H]3C=C[C@@]4(O3)[C@H]2C(=O)N([C@@H]2CCCC[C@@H]2C)[C@@H]4C(=O)N[C@@H]2CCC[C@@H](C)[C@H]2C)cc1. The van der Waals surface area contributed by atoms with Crippen molar-refractivity contribution in [2.75, 3.05) is 5.32 Å². The molecule has 2 saturated heterocycles. The predicted octanol–water partition coefficient (Wildman–Crippen LogP) is 5.42. The third kappa shape index (κ3) is 4.72. The normalized spacial score (nSPS) is 39.7. The molecule has 222 valence electrons. The van der Waals surface area contributed by atoms with Crippen molar-refractivity contribution in [3.8, 4) is 0 Å². The molecular weight excluding hydrogens is 514 g/mol. The van der Waals surface area contributed by atoms with Gasteiger partial charge in [-0.2, -0.15) is 0 Å². The second-order valence-corrected chi connectivity index (χ2v) is 13.9. The van der Waals surface area contributed by atoms with Crippen LogP contribution >= 0.6 is 0 Å². The van der Waals surface area contributed by atoms with Gasteiger partial charge >= 0.3 is 0 Å². The van der Waals surface area contributed by atoms with E-state index in [1.165, 1.54) is 12.0 Å². The average molecular weight is 562 g/mol. The Balaban J connectivity index is 1.31. The molecule has 3 amide bonds. The van der Waals surface area contributed by atoms with E-state index in [1.54, 1.807) is 0 Å². The number of hydrogen-bond acceptors (Lipinski definition) is 4. The zero-order valence-corrected chi connectivity index (χ0v) is 25.3. The van der Waals surface area contributed by atoms with Gasteiger partial charge < -0.3 is 20.3 Å². The summed E-state index contributed by atoms with van der Waals surface area (Å²) >= 11 is 0. The van der Waals surface area contributed by atoms with E-state index < -0.39 is 29.6 Å². The van der Waals surface area contributed by atoms with Gasteiger partial charge in [-0.15, -0.1) is 0 Å². The predicted molar refractivity (Wildman–Crippen MR) is 159 cm³/mol. The van der Waals surface area contributed by atoms with Crippen LogP contribution in [0.5, 0.6) is 0 Å². The van der Waals surface area contributed by atoms with Crippen molar-refractivity contribution < 1.29 is 19.1 Å². The molecule has 2 N–H and O–H groups in total. The molecule has 4 fully saturated rings. The van der Waals surface area contributed by atoms with Crippen LogP contribution in [0.25, 0.3) is 0 Å². The summed E-state index contributed by atoms with van der Waals surface area (Å²) in [5.41, 5.74) is 0.792. The van der Waals surface area contributed by atoms with E-state index in [-0.39, 0.29) is 29.8 Å². The summed E-state index contributed by atoms with van der Waals surface area (Å²) in [5, 5.41) is 6.45. The number of benzene rings is 1. The minimum absolute atomic E-state index is 0.0296. The second kappa shape index (κ2) is 10.9. The zero-order chi connectivity index (χ0) is 29.1. The van der Waals surface area contributed by atoms with Crippen LogP contribution in [0.2, 0.25) is 0 Å². The highest BCUT2D eigenvalue weighted by molar-refractivity contribution is 6.03. The molecule has 0 aromatic heterocycles. The van der Waals surface area contributed by atoms with Crippen LogP contribution in [0.3, 0.4) is 0 Å². The molecule has 3 aliphatic heterocycles. The first kappa shape index (κ1) is 28.4. The monoisotopic (exact) mass is 561 g/mol. The van der Waals surface area contributed by atoms with Crippen molar-refractivity contribution in [2.24, 2.45) is 29.6 Å². The zero-order valence-electron chi connectivity index (χ0n) is 25.3. The van der Waals surface area contributed by atoms with Crippen molar-refractivity contribution in [1.82, 2.24) is 10.2 Å². The summed E-state index contributed by atoms with van der Waals surface area (Å²) in [6, 6.07) is 7.18. The topological polar surface area (TPSA) is 87.7 Å². The first-order chi connectivity index (χ1) is 19.6. The summed E-state index contributed by atoms with van der Waals surface area (Å²) < 4.78 is 6.61.